The number of ether oxygens (including phenoxy) is 1. The highest BCUT2D eigenvalue weighted by Crippen LogP contribution is 2.34. The van der Waals surface area contributed by atoms with Crippen molar-refractivity contribution < 1.29 is 13.9 Å². The maximum absolute atomic E-state index is 12.7. The molecule has 27 heavy (non-hydrogen) atoms. The zero-order valence-corrected chi connectivity index (χ0v) is 14.6. The summed E-state index contributed by atoms with van der Waals surface area (Å²) in [5, 5.41) is 0.528. The largest absolute Gasteiger partial charge is 0.422 e. The van der Waals surface area contributed by atoms with E-state index in [4.69, 9.17) is 20.8 Å². The maximum Gasteiger partial charge on any atom is 0.348 e. The van der Waals surface area contributed by atoms with E-state index in [1.807, 2.05) is 6.07 Å². The number of carbonyl (C=O) groups excluding carboxylic acids is 1. The normalized spacial score (nSPS) is 10.7. The summed E-state index contributed by atoms with van der Waals surface area (Å²) in [6, 6.07) is 18.8. The molecule has 6 heteroatoms. The van der Waals surface area contributed by atoms with Crippen LogP contribution in [0, 0.1) is 0 Å². The van der Waals surface area contributed by atoms with Crippen LogP contribution in [0.3, 0.4) is 0 Å². The molecule has 5 nitrogen and oxygen atoms in total. The average Bonchev–Trinajstić information content (AvgIpc) is 2.69. The minimum Gasteiger partial charge on any atom is -0.422 e. The summed E-state index contributed by atoms with van der Waals surface area (Å²) in [5.41, 5.74) is 0.581. The number of fused-ring (bicyclic) bond motifs is 1. The first-order chi connectivity index (χ1) is 13.1. The van der Waals surface area contributed by atoms with Crippen molar-refractivity contribution in [1.29, 1.82) is 0 Å². The number of hydrogen-bond acceptors (Lipinski definition) is 5. The van der Waals surface area contributed by atoms with Gasteiger partial charge in [0.05, 0.1) is 10.9 Å². The van der Waals surface area contributed by atoms with Crippen LogP contribution in [0.1, 0.15) is 10.4 Å². The van der Waals surface area contributed by atoms with E-state index in [-0.39, 0.29) is 22.0 Å². The topological polar surface area (TPSA) is 69.4 Å². The molecule has 0 saturated heterocycles. The minimum atomic E-state index is -0.707. The lowest BCUT2D eigenvalue weighted by atomic mass is 10.0. The molecule has 4 rings (SSSR count). The number of para-hydroxylation sites is 1. The first kappa shape index (κ1) is 17.0. The smallest absolute Gasteiger partial charge is 0.348 e. The lowest BCUT2D eigenvalue weighted by molar-refractivity contribution is 0.0737. The Morgan fingerprint density at radius 3 is 2.48 bits per heavy atom. The van der Waals surface area contributed by atoms with Crippen molar-refractivity contribution in [3.8, 4) is 16.9 Å². The highest BCUT2D eigenvalue weighted by Gasteiger charge is 2.22. The Bertz CT molecular complexity index is 1200. The third-order valence-corrected chi connectivity index (χ3v) is 4.30. The summed E-state index contributed by atoms with van der Waals surface area (Å²) in [6.07, 6.45) is 1.47. The van der Waals surface area contributed by atoms with Gasteiger partial charge in [-0.05, 0) is 29.8 Å². The van der Waals surface area contributed by atoms with Crippen LogP contribution in [0.2, 0.25) is 5.15 Å². The van der Waals surface area contributed by atoms with Gasteiger partial charge in [0.25, 0.3) is 0 Å². The van der Waals surface area contributed by atoms with Crippen molar-refractivity contribution in [2.24, 2.45) is 0 Å². The summed E-state index contributed by atoms with van der Waals surface area (Å²) in [4.78, 5) is 29.2. The number of carbonyl (C=O) groups is 1. The highest BCUT2D eigenvalue weighted by atomic mass is 35.5. The van der Waals surface area contributed by atoms with E-state index < -0.39 is 11.6 Å². The van der Waals surface area contributed by atoms with Crippen molar-refractivity contribution in [2.75, 3.05) is 0 Å². The Labute approximate surface area is 158 Å². The number of rotatable bonds is 3. The van der Waals surface area contributed by atoms with E-state index >= 15 is 0 Å². The van der Waals surface area contributed by atoms with Crippen LogP contribution in [-0.4, -0.2) is 11.0 Å². The van der Waals surface area contributed by atoms with Crippen LogP contribution in [0.5, 0.6) is 5.75 Å². The van der Waals surface area contributed by atoms with Crippen LogP contribution in [0.25, 0.3) is 22.1 Å². The third kappa shape index (κ3) is 3.20. The molecule has 0 unspecified atom stereocenters. The fourth-order valence-corrected chi connectivity index (χ4v) is 2.96. The standard InChI is InChI=1S/C21H12ClNO4/c22-19-15(10-6-12-23-19)20(24)27-18-14-9-4-5-11-16(14)26-21(25)17(18)13-7-2-1-3-8-13/h1-12H. The number of esters is 1. The molecule has 0 atom stereocenters. The molecule has 2 aromatic heterocycles. The monoisotopic (exact) mass is 377 g/mol. The van der Waals surface area contributed by atoms with Gasteiger partial charge in [-0.25, -0.2) is 14.6 Å². The number of aromatic nitrogens is 1. The predicted molar refractivity (Wildman–Crippen MR) is 102 cm³/mol. The molecule has 0 amide bonds. The highest BCUT2D eigenvalue weighted by molar-refractivity contribution is 6.32. The molecule has 0 aliphatic carbocycles. The number of pyridine rings is 1. The molecule has 0 saturated carbocycles. The van der Waals surface area contributed by atoms with Gasteiger partial charge in [0, 0.05) is 6.20 Å². The van der Waals surface area contributed by atoms with Crippen LogP contribution >= 0.6 is 11.6 Å². The van der Waals surface area contributed by atoms with Gasteiger partial charge in [-0.2, -0.15) is 0 Å². The zero-order chi connectivity index (χ0) is 18.8. The Balaban J connectivity index is 1.94. The Morgan fingerprint density at radius 2 is 1.70 bits per heavy atom. The summed E-state index contributed by atoms with van der Waals surface area (Å²) >= 11 is 6.00. The summed E-state index contributed by atoms with van der Waals surface area (Å²) < 4.78 is 11.1. The van der Waals surface area contributed by atoms with E-state index in [1.54, 1.807) is 54.6 Å². The Kier molecular flexibility index (Phi) is 4.44. The third-order valence-electron chi connectivity index (χ3n) is 4.00. The molecular weight excluding hydrogens is 366 g/mol. The average molecular weight is 378 g/mol. The quantitative estimate of drug-likeness (QED) is 0.293. The van der Waals surface area contributed by atoms with Gasteiger partial charge in [-0.15, -0.1) is 0 Å². The van der Waals surface area contributed by atoms with Crippen LogP contribution in [-0.2, 0) is 0 Å². The molecule has 0 spiro atoms. The fourth-order valence-electron chi connectivity index (χ4n) is 2.77. The van der Waals surface area contributed by atoms with Crippen molar-refractivity contribution in [3.05, 3.63) is 94.1 Å². The molecule has 0 bridgehead atoms. The van der Waals surface area contributed by atoms with Crippen molar-refractivity contribution >= 4 is 28.5 Å². The number of hydrogen-bond donors (Lipinski definition) is 0. The minimum absolute atomic E-state index is 0.0241. The van der Waals surface area contributed by atoms with E-state index in [9.17, 15) is 9.59 Å². The van der Waals surface area contributed by atoms with Crippen LogP contribution < -0.4 is 10.4 Å². The molecule has 4 aromatic rings. The molecule has 0 fully saturated rings. The SMILES string of the molecule is O=C(Oc1c(-c2ccccc2)c(=O)oc2ccccc12)c1cccnc1Cl. The van der Waals surface area contributed by atoms with Crippen molar-refractivity contribution in [3.63, 3.8) is 0 Å². The van der Waals surface area contributed by atoms with E-state index in [0.29, 0.717) is 16.5 Å². The summed E-state index contributed by atoms with van der Waals surface area (Å²) in [6.45, 7) is 0. The summed E-state index contributed by atoms with van der Waals surface area (Å²) in [7, 11) is 0. The van der Waals surface area contributed by atoms with Gasteiger partial charge >= 0.3 is 11.6 Å². The van der Waals surface area contributed by atoms with Crippen LogP contribution in [0.15, 0.2) is 82.1 Å². The lowest BCUT2D eigenvalue weighted by Gasteiger charge is -2.12. The second-order valence-electron chi connectivity index (χ2n) is 5.69. The zero-order valence-electron chi connectivity index (χ0n) is 13.9. The van der Waals surface area contributed by atoms with Crippen LogP contribution in [0.4, 0.5) is 0 Å². The first-order valence-electron chi connectivity index (χ1n) is 8.09. The second kappa shape index (κ2) is 7.05. The Morgan fingerprint density at radius 1 is 0.963 bits per heavy atom. The molecular formula is C21H12ClNO4. The first-order valence-corrected chi connectivity index (χ1v) is 8.47. The van der Waals surface area contributed by atoms with Gasteiger partial charge in [0.15, 0.2) is 5.75 Å². The number of benzene rings is 2. The summed E-state index contributed by atoms with van der Waals surface area (Å²) in [5.74, 6) is -0.584. The van der Waals surface area contributed by atoms with E-state index in [1.165, 1.54) is 12.3 Å². The van der Waals surface area contributed by atoms with Gasteiger partial charge in [-0.3, -0.25) is 0 Å². The molecule has 0 aliphatic rings. The van der Waals surface area contributed by atoms with E-state index in [0.717, 1.165) is 0 Å². The van der Waals surface area contributed by atoms with Gasteiger partial charge in [0.1, 0.15) is 16.3 Å². The second-order valence-corrected chi connectivity index (χ2v) is 6.05. The Hall–Kier alpha value is -3.44. The molecule has 2 heterocycles. The predicted octanol–water partition coefficient (Wildman–Crippen LogP) is 4.73. The number of nitrogens with zero attached hydrogens (tertiary/aromatic N) is 1. The maximum atomic E-state index is 12.7. The van der Waals surface area contributed by atoms with Crippen molar-refractivity contribution in [2.45, 2.75) is 0 Å². The molecule has 0 radical (unpaired) electrons. The van der Waals surface area contributed by atoms with Gasteiger partial charge in [0.2, 0.25) is 0 Å². The van der Waals surface area contributed by atoms with Gasteiger partial charge < -0.3 is 9.15 Å². The molecule has 0 aliphatic heterocycles. The molecule has 132 valence electrons. The fraction of sp³-hybridized carbons (Fsp3) is 0. The van der Waals surface area contributed by atoms with E-state index in [2.05, 4.69) is 4.98 Å². The molecule has 0 N–H and O–H groups in total. The molecule has 2 aromatic carbocycles. The lowest BCUT2D eigenvalue weighted by Crippen LogP contribution is -2.14. The number of halogens is 1. The van der Waals surface area contributed by atoms with Crippen molar-refractivity contribution in [1.82, 2.24) is 4.98 Å². The van der Waals surface area contributed by atoms with Gasteiger partial charge in [-0.1, -0.05) is 54.1 Å².